The largest absolute Gasteiger partial charge is 0.550 e. The molecule has 130 valence electrons. The standard InChI is InChI=1S/C16H19BrN2O5/c17-10-5-7-11(8-6-10)24-9-14(20)18-19-15(21)12-3-1-2-4-13(12)16(22)23/h5-8,12-13H,1-4,9H2,(H,18,20)(H,19,21)(H,22,23)/p-1. The van der Waals surface area contributed by atoms with Gasteiger partial charge in [-0.05, 0) is 37.1 Å². The number of hydrogen-bond donors (Lipinski definition) is 2. The molecular weight excluding hydrogens is 380 g/mol. The molecule has 0 heterocycles. The first-order valence-corrected chi connectivity index (χ1v) is 8.44. The van der Waals surface area contributed by atoms with E-state index in [1.807, 2.05) is 0 Å². The highest BCUT2D eigenvalue weighted by molar-refractivity contribution is 9.10. The molecule has 1 aliphatic carbocycles. The van der Waals surface area contributed by atoms with Gasteiger partial charge in [-0.2, -0.15) is 0 Å². The van der Waals surface area contributed by atoms with Crippen LogP contribution in [0.1, 0.15) is 25.7 Å². The van der Waals surface area contributed by atoms with Crippen molar-refractivity contribution < 1.29 is 24.2 Å². The van der Waals surface area contributed by atoms with Gasteiger partial charge in [-0.25, -0.2) is 0 Å². The summed E-state index contributed by atoms with van der Waals surface area (Å²) >= 11 is 3.29. The number of hydrogen-bond acceptors (Lipinski definition) is 5. The quantitative estimate of drug-likeness (QED) is 0.704. The number of rotatable bonds is 5. The molecule has 1 aliphatic rings. The molecule has 1 fully saturated rings. The average molecular weight is 398 g/mol. The number of carbonyl (C=O) groups excluding carboxylic acids is 3. The van der Waals surface area contributed by atoms with Crippen LogP contribution in [0.3, 0.4) is 0 Å². The molecule has 2 rings (SSSR count). The summed E-state index contributed by atoms with van der Waals surface area (Å²) in [5.74, 6) is -3.25. The van der Waals surface area contributed by atoms with Crippen molar-refractivity contribution in [1.29, 1.82) is 0 Å². The Labute approximate surface area is 147 Å². The smallest absolute Gasteiger partial charge is 0.276 e. The maximum atomic E-state index is 12.1. The van der Waals surface area contributed by atoms with Crippen LogP contribution in [-0.2, 0) is 14.4 Å². The van der Waals surface area contributed by atoms with Crippen molar-refractivity contribution in [2.45, 2.75) is 25.7 Å². The molecule has 8 heteroatoms. The Hall–Kier alpha value is -2.09. The third-order valence-corrected chi connectivity index (χ3v) is 4.44. The normalized spacial score (nSPS) is 20.0. The molecular formula is C16H18BrN2O5-. The van der Waals surface area contributed by atoms with Gasteiger partial charge in [-0.3, -0.25) is 20.4 Å². The Morgan fingerprint density at radius 3 is 2.33 bits per heavy atom. The molecule has 2 unspecified atom stereocenters. The van der Waals surface area contributed by atoms with E-state index in [0.29, 0.717) is 18.6 Å². The molecule has 1 saturated carbocycles. The van der Waals surface area contributed by atoms with E-state index < -0.39 is 29.6 Å². The number of carbonyl (C=O) groups is 3. The first-order chi connectivity index (χ1) is 11.5. The summed E-state index contributed by atoms with van der Waals surface area (Å²) in [6.45, 7) is -0.267. The zero-order chi connectivity index (χ0) is 17.5. The maximum Gasteiger partial charge on any atom is 0.276 e. The number of hydrazine groups is 1. The van der Waals surface area contributed by atoms with E-state index >= 15 is 0 Å². The molecule has 0 radical (unpaired) electrons. The van der Waals surface area contributed by atoms with Gasteiger partial charge in [0.05, 0.1) is 0 Å². The molecule has 2 atom stereocenters. The van der Waals surface area contributed by atoms with Gasteiger partial charge in [-0.1, -0.05) is 28.8 Å². The number of carboxylic acid groups (broad SMARTS) is 1. The van der Waals surface area contributed by atoms with Crippen molar-refractivity contribution in [3.05, 3.63) is 28.7 Å². The summed E-state index contributed by atoms with van der Waals surface area (Å²) in [5.41, 5.74) is 4.50. The lowest BCUT2D eigenvalue weighted by Gasteiger charge is -2.31. The van der Waals surface area contributed by atoms with E-state index in [4.69, 9.17) is 4.74 Å². The van der Waals surface area contributed by atoms with Crippen LogP contribution in [0, 0.1) is 11.8 Å². The van der Waals surface area contributed by atoms with Gasteiger partial charge in [0.2, 0.25) is 5.91 Å². The highest BCUT2D eigenvalue weighted by Crippen LogP contribution is 2.29. The fourth-order valence-corrected chi connectivity index (χ4v) is 2.93. The number of amides is 2. The van der Waals surface area contributed by atoms with Gasteiger partial charge < -0.3 is 14.6 Å². The summed E-state index contributed by atoms with van der Waals surface area (Å²) in [4.78, 5) is 34.9. The summed E-state index contributed by atoms with van der Waals surface area (Å²) < 4.78 is 6.16. The van der Waals surface area contributed by atoms with Crippen molar-refractivity contribution in [1.82, 2.24) is 10.9 Å². The van der Waals surface area contributed by atoms with Crippen LogP contribution in [0.25, 0.3) is 0 Å². The number of halogens is 1. The minimum Gasteiger partial charge on any atom is -0.550 e. The first-order valence-electron chi connectivity index (χ1n) is 7.65. The van der Waals surface area contributed by atoms with Crippen molar-refractivity contribution in [3.8, 4) is 5.75 Å². The summed E-state index contributed by atoms with van der Waals surface area (Å²) in [7, 11) is 0. The van der Waals surface area contributed by atoms with Gasteiger partial charge >= 0.3 is 0 Å². The Balaban J connectivity index is 1.77. The van der Waals surface area contributed by atoms with E-state index in [1.54, 1.807) is 24.3 Å². The Bertz CT molecular complexity index is 605. The fraction of sp³-hybridized carbons (Fsp3) is 0.438. The van der Waals surface area contributed by atoms with E-state index in [2.05, 4.69) is 26.8 Å². The average Bonchev–Trinajstić information content (AvgIpc) is 2.59. The lowest BCUT2D eigenvalue weighted by atomic mass is 9.79. The second-order valence-electron chi connectivity index (χ2n) is 5.60. The van der Waals surface area contributed by atoms with Crippen LogP contribution in [-0.4, -0.2) is 24.4 Å². The lowest BCUT2D eigenvalue weighted by molar-refractivity contribution is -0.314. The first kappa shape index (κ1) is 18.3. The Morgan fingerprint density at radius 1 is 1.08 bits per heavy atom. The molecule has 1 aromatic carbocycles. The van der Waals surface area contributed by atoms with E-state index in [0.717, 1.165) is 17.3 Å². The molecule has 7 nitrogen and oxygen atoms in total. The van der Waals surface area contributed by atoms with Crippen LogP contribution in [0.5, 0.6) is 5.75 Å². The van der Waals surface area contributed by atoms with Gasteiger partial charge in [0, 0.05) is 22.3 Å². The molecule has 0 spiro atoms. The van der Waals surface area contributed by atoms with Gasteiger partial charge in [0.15, 0.2) is 6.61 Å². The number of benzene rings is 1. The van der Waals surface area contributed by atoms with Crippen LogP contribution in [0.4, 0.5) is 0 Å². The number of aliphatic carboxylic acids is 1. The van der Waals surface area contributed by atoms with Crippen LogP contribution < -0.4 is 20.7 Å². The minimum absolute atomic E-state index is 0.267. The second-order valence-corrected chi connectivity index (χ2v) is 6.51. The zero-order valence-corrected chi connectivity index (χ0v) is 14.5. The van der Waals surface area contributed by atoms with Crippen LogP contribution in [0.15, 0.2) is 28.7 Å². The molecule has 2 N–H and O–H groups in total. The topological polar surface area (TPSA) is 108 Å². The molecule has 0 aromatic heterocycles. The van der Waals surface area contributed by atoms with Crippen molar-refractivity contribution in [3.63, 3.8) is 0 Å². The molecule has 24 heavy (non-hydrogen) atoms. The number of ether oxygens (including phenoxy) is 1. The van der Waals surface area contributed by atoms with Crippen molar-refractivity contribution in [2.75, 3.05) is 6.61 Å². The highest BCUT2D eigenvalue weighted by atomic mass is 79.9. The SMILES string of the molecule is O=C(COc1ccc(Br)cc1)NNC(=O)C1CCCCC1C(=O)[O-]. The Morgan fingerprint density at radius 2 is 1.71 bits per heavy atom. The Kier molecular flexibility index (Phi) is 6.60. The summed E-state index contributed by atoms with van der Waals surface area (Å²) in [6.07, 6.45) is 2.43. The number of carboxylic acids is 1. The van der Waals surface area contributed by atoms with E-state index in [1.165, 1.54) is 0 Å². The predicted octanol–water partition coefficient (Wildman–Crippen LogP) is 0.532. The summed E-state index contributed by atoms with van der Waals surface area (Å²) in [6, 6.07) is 6.95. The van der Waals surface area contributed by atoms with E-state index in [9.17, 15) is 19.5 Å². The molecule has 1 aromatic rings. The summed E-state index contributed by atoms with van der Waals surface area (Å²) in [5, 5.41) is 11.1. The minimum atomic E-state index is -1.22. The molecule has 2 amide bonds. The van der Waals surface area contributed by atoms with Gasteiger partial charge in [-0.15, -0.1) is 0 Å². The molecule has 0 bridgehead atoms. The number of nitrogens with one attached hydrogen (secondary N) is 2. The van der Waals surface area contributed by atoms with Crippen molar-refractivity contribution in [2.24, 2.45) is 11.8 Å². The van der Waals surface area contributed by atoms with Crippen molar-refractivity contribution >= 4 is 33.7 Å². The zero-order valence-electron chi connectivity index (χ0n) is 12.9. The fourth-order valence-electron chi connectivity index (χ4n) is 2.67. The highest BCUT2D eigenvalue weighted by Gasteiger charge is 2.31. The second kappa shape index (κ2) is 8.68. The lowest BCUT2D eigenvalue weighted by Crippen LogP contribution is -2.50. The molecule has 0 aliphatic heterocycles. The predicted molar refractivity (Wildman–Crippen MR) is 86.4 cm³/mol. The third kappa shape index (κ3) is 5.23. The monoisotopic (exact) mass is 397 g/mol. The molecule has 0 saturated heterocycles. The van der Waals surface area contributed by atoms with Gasteiger partial charge in [0.1, 0.15) is 5.75 Å². The maximum absolute atomic E-state index is 12.1. The van der Waals surface area contributed by atoms with Gasteiger partial charge in [0.25, 0.3) is 5.91 Å². The van der Waals surface area contributed by atoms with Crippen LogP contribution >= 0.6 is 15.9 Å². The van der Waals surface area contributed by atoms with E-state index in [-0.39, 0.29) is 6.61 Å². The third-order valence-electron chi connectivity index (χ3n) is 3.91. The van der Waals surface area contributed by atoms with Crippen LogP contribution in [0.2, 0.25) is 0 Å².